The molecule has 0 aliphatic heterocycles. The summed E-state index contributed by atoms with van der Waals surface area (Å²) in [6.45, 7) is 0. The first kappa shape index (κ1) is 14.0. The molecule has 0 spiro atoms. The number of carbonyl (C=O) groups is 1. The third kappa shape index (κ3) is 3.79. The van der Waals surface area contributed by atoms with Crippen molar-refractivity contribution in [3.63, 3.8) is 0 Å². The molecule has 0 saturated heterocycles. The fourth-order valence-corrected chi connectivity index (χ4v) is 2.79. The van der Waals surface area contributed by atoms with Gasteiger partial charge in [-0.25, -0.2) is 4.39 Å². The molecule has 0 unspecified atom stereocenters. The summed E-state index contributed by atoms with van der Waals surface area (Å²) in [6.07, 6.45) is 7.80. The van der Waals surface area contributed by atoms with E-state index in [9.17, 15) is 9.18 Å². The summed E-state index contributed by atoms with van der Waals surface area (Å²) < 4.78 is 18.4. The van der Waals surface area contributed by atoms with Gasteiger partial charge in [0, 0.05) is 12.0 Å². The van der Waals surface area contributed by atoms with Crippen LogP contribution in [0, 0.1) is 11.7 Å². The van der Waals surface area contributed by atoms with Crippen LogP contribution in [-0.2, 0) is 0 Å². The van der Waals surface area contributed by atoms with Gasteiger partial charge in [-0.2, -0.15) is 0 Å². The Kier molecular flexibility index (Phi) is 4.94. The van der Waals surface area contributed by atoms with Gasteiger partial charge in [-0.15, -0.1) is 0 Å². The maximum absolute atomic E-state index is 13.6. The van der Waals surface area contributed by atoms with Gasteiger partial charge in [0.25, 0.3) is 0 Å². The first-order valence-electron chi connectivity index (χ1n) is 7.07. The highest BCUT2D eigenvalue weighted by molar-refractivity contribution is 5.96. The van der Waals surface area contributed by atoms with Gasteiger partial charge in [-0.05, 0) is 24.1 Å². The number of methoxy groups -OCH3 is 1. The second-order valence-electron chi connectivity index (χ2n) is 5.33. The van der Waals surface area contributed by atoms with Crippen LogP contribution in [-0.4, -0.2) is 12.9 Å². The smallest absolute Gasteiger partial charge is 0.165 e. The minimum absolute atomic E-state index is 0.0495. The number of ketones is 1. The van der Waals surface area contributed by atoms with Crippen molar-refractivity contribution < 1.29 is 13.9 Å². The van der Waals surface area contributed by atoms with Crippen LogP contribution in [0.15, 0.2) is 18.2 Å². The Morgan fingerprint density at radius 3 is 2.53 bits per heavy atom. The molecule has 1 fully saturated rings. The Hall–Kier alpha value is -1.38. The standard InChI is InChI=1S/C16H21FO2/c1-19-16-9-8-13(11-14(16)17)15(18)10-12-6-4-2-3-5-7-12/h8-9,11-12H,2-7,10H2,1H3. The first-order chi connectivity index (χ1) is 9.20. The van der Waals surface area contributed by atoms with E-state index in [0.717, 1.165) is 12.8 Å². The van der Waals surface area contributed by atoms with Crippen molar-refractivity contribution in [1.29, 1.82) is 0 Å². The molecular weight excluding hydrogens is 243 g/mol. The van der Waals surface area contributed by atoms with E-state index in [-0.39, 0.29) is 11.5 Å². The van der Waals surface area contributed by atoms with Gasteiger partial charge in [-0.1, -0.05) is 38.5 Å². The lowest BCUT2D eigenvalue weighted by molar-refractivity contribution is 0.0956. The molecule has 2 rings (SSSR count). The lowest BCUT2D eigenvalue weighted by atomic mass is 9.92. The second-order valence-corrected chi connectivity index (χ2v) is 5.33. The van der Waals surface area contributed by atoms with Gasteiger partial charge in [0.1, 0.15) is 0 Å². The van der Waals surface area contributed by atoms with Crippen molar-refractivity contribution in [3.05, 3.63) is 29.6 Å². The second kappa shape index (κ2) is 6.69. The van der Waals surface area contributed by atoms with Crippen LogP contribution in [0.3, 0.4) is 0 Å². The van der Waals surface area contributed by atoms with E-state index in [1.165, 1.54) is 44.9 Å². The fourth-order valence-electron chi connectivity index (χ4n) is 2.79. The summed E-state index contributed by atoms with van der Waals surface area (Å²) in [5, 5.41) is 0. The molecule has 104 valence electrons. The monoisotopic (exact) mass is 264 g/mol. The van der Waals surface area contributed by atoms with Crippen molar-refractivity contribution >= 4 is 5.78 Å². The molecule has 0 amide bonds. The van der Waals surface area contributed by atoms with Crippen molar-refractivity contribution in [2.75, 3.05) is 7.11 Å². The third-order valence-electron chi connectivity index (χ3n) is 3.92. The highest BCUT2D eigenvalue weighted by Crippen LogP contribution is 2.27. The third-order valence-corrected chi connectivity index (χ3v) is 3.92. The number of hydrogen-bond acceptors (Lipinski definition) is 2. The number of halogens is 1. The van der Waals surface area contributed by atoms with E-state index in [1.807, 2.05) is 0 Å². The first-order valence-corrected chi connectivity index (χ1v) is 7.07. The number of rotatable bonds is 4. The van der Waals surface area contributed by atoms with Gasteiger partial charge >= 0.3 is 0 Å². The number of hydrogen-bond donors (Lipinski definition) is 0. The minimum Gasteiger partial charge on any atom is -0.494 e. The molecule has 0 bridgehead atoms. The fraction of sp³-hybridized carbons (Fsp3) is 0.562. The molecule has 2 nitrogen and oxygen atoms in total. The molecule has 1 aliphatic rings. The largest absolute Gasteiger partial charge is 0.494 e. The average molecular weight is 264 g/mol. The van der Waals surface area contributed by atoms with Crippen LogP contribution in [0.1, 0.15) is 55.3 Å². The van der Waals surface area contributed by atoms with Crippen molar-refractivity contribution in [2.24, 2.45) is 5.92 Å². The summed E-state index contributed by atoms with van der Waals surface area (Å²) in [7, 11) is 1.42. The van der Waals surface area contributed by atoms with Crippen LogP contribution < -0.4 is 4.74 Å². The predicted octanol–water partition coefficient (Wildman–Crippen LogP) is 4.38. The van der Waals surface area contributed by atoms with Crippen LogP contribution in [0.2, 0.25) is 0 Å². The summed E-state index contributed by atoms with van der Waals surface area (Å²) in [5.41, 5.74) is 0.461. The Balaban J connectivity index is 2.00. The zero-order valence-corrected chi connectivity index (χ0v) is 11.5. The zero-order valence-electron chi connectivity index (χ0n) is 11.5. The molecule has 1 saturated carbocycles. The van der Waals surface area contributed by atoms with Gasteiger partial charge in [0.15, 0.2) is 17.3 Å². The molecular formula is C16H21FO2. The molecule has 3 heteroatoms. The molecule has 1 aromatic carbocycles. The van der Waals surface area contributed by atoms with E-state index in [1.54, 1.807) is 6.07 Å². The van der Waals surface area contributed by atoms with E-state index < -0.39 is 5.82 Å². The number of benzene rings is 1. The molecule has 0 heterocycles. The van der Waals surface area contributed by atoms with E-state index >= 15 is 0 Å². The van der Waals surface area contributed by atoms with E-state index in [0.29, 0.717) is 17.9 Å². The van der Waals surface area contributed by atoms with Crippen molar-refractivity contribution in [1.82, 2.24) is 0 Å². The molecule has 1 aliphatic carbocycles. The summed E-state index contributed by atoms with van der Waals surface area (Å²) in [4.78, 5) is 12.2. The van der Waals surface area contributed by atoms with Gasteiger partial charge in [0.2, 0.25) is 0 Å². The van der Waals surface area contributed by atoms with Crippen LogP contribution >= 0.6 is 0 Å². The van der Waals surface area contributed by atoms with Crippen molar-refractivity contribution in [3.8, 4) is 5.75 Å². The number of Topliss-reactive ketones (excluding diaryl/α,β-unsaturated/α-hetero) is 1. The summed E-state index contributed by atoms with van der Waals surface area (Å²) >= 11 is 0. The SMILES string of the molecule is COc1ccc(C(=O)CC2CCCCCC2)cc1F. The number of carbonyl (C=O) groups excluding carboxylic acids is 1. The maximum Gasteiger partial charge on any atom is 0.165 e. The normalized spacial score (nSPS) is 16.9. The number of ether oxygens (including phenoxy) is 1. The summed E-state index contributed by atoms with van der Waals surface area (Å²) in [6, 6.07) is 4.47. The molecule has 0 atom stereocenters. The molecule has 0 radical (unpaired) electrons. The average Bonchev–Trinajstić information content (AvgIpc) is 2.67. The highest BCUT2D eigenvalue weighted by atomic mass is 19.1. The molecule has 0 N–H and O–H groups in total. The van der Waals surface area contributed by atoms with Gasteiger partial charge in [-0.3, -0.25) is 4.79 Å². The predicted molar refractivity (Wildman–Crippen MR) is 73.1 cm³/mol. The highest BCUT2D eigenvalue weighted by Gasteiger charge is 2.18. The van der Waals surface area contributed by atoms with E-state index in [2.05, 4.69) is 0 Å². The topological polar surface area (TPSA) is 26.3 Å². The maximum atomic E-state index is 13.6. The van der Waals surface area contributed by atoms with Crippen LogP contribution in [0.25, 0.3) is 0 Å². The van der Waals surface area contributed by atoms with Gasteiger partial charge < -0.3 is 4.74 Å². The minimum atomic E-state index is -0.464. The Labute approximate surface area is 114 Å². The van der Waals surface area contributed by atoms with E-state index in [4.69, 9.17) is 4.74 Å². The quantitative estimate of drug-likeness (QED) is 0.596. The Morgan fingerprint density at radius 2 is 1.95 bits per heavy atom. The summed E-state index contributed by atoms with van der Waals surface area (Å²) in [5.74, 6) is 0.244. The lowest BCUT2D eigenvalue weighted by Gasteiger charge is -2.13. The molecule has 0 aromatic heterocycles. The zero-order chi connectivity index (χ0) is 13.7. The Morgan fingerprint density at radius 1 is 1.26 bits per heavy atom. The van der Waals surface area contributed by atoms with Gasteiger partial charge in [0.05, 0.1) is 7.11 Å². The lowest BCUT2D eigenvalue weighted by Crippen LogP contribution is -2.09. The van der Waals surface area contributed by atoms with Crippen LogP contribution in [0.4, 0.5) is 4.39 Å². The Bertz CT molecular complexity index is 434. The molecule has 1 aromatic rings. The van der Waals surface area contributed by atoms with Crippen LogP contribution in [0.5, 0.6) is 5.75 Å². The van der Waals surface area contributed by atoms with Crippen molar-refractivity contribution in [2.45, 2.75) is 44.9 Å². The molecule has 19 heavy (non-hydrogen) atoms.